The zero-order valence-corrected chi connectivity index (χ0v) is 25.5. The Labute approximate surface area is 255 Å². The highest BCUT2D eigenvalue weighted by molar-refractivity contribution is 8.13. The Balaban J connectivity index is 1.33. The molecule has 2 aliphatic rings. The first-order chi connectivity index (χ1) is 20.7. The number of aryl methyl sites for hydroxylation is 2. The number of allylic oxidation sites excluding steroid dienone is 1. The Hall–Kier alpha value is -4.57. The molecule has 1 unspecified atom stereocenters. The largest absolute Gasteiger partial charge is 0.462 e. The summed E-state index contributed by atoms with van der Waals surface area (Å²) in [6.07, 6.45) is 0.992. The van der Waals surface area contributed by atoms with E-state index in [9.17, 15) is 14.4 Å². The molecule has 0 radical (unpaired) electrons. The second-order valence-corrected chi connectivity index (χ2v) is 11.5. The third-order valence-electron chi connectivity index (χ3n) is 7.27. The highest BCUT2D eigenvalue weighted by atomic mass is 32.2. The van der Waals surface area contributed by atoms with Gasteiger partial charge in [-0.3, -0.25) is 4.79 Å². The van der Waals surface area contributed by atoms with Crippen LogP contribution in [0.1, 0.15) is 53.4 Å². The molecule has 5 rings (SSSR count). The van der Waals surface area contributed by atoms with Crippen LogP contribution in [0.25, 0.3) is 0 Å². The number of hydrogen-bond donors (Lipinski definition) is 3. The van der Waals surface area contributed by atoms with Crippen molar-refractivity contribution in [3.05, 3.63) is 100 Å². The lowest BCUT2D eigenvalue weighted by Crippen LogP contribution is -2.43. The number of ether oxygens (including phenoxy) is 1. The lowest BCUT2D eigenvalue weighted by atomic mass is 9.93. The quantitative estimate of drug-likeness (QED) is 0.256. The lowest BCUT2D eigenvalue weighted by molar-refractivity contribution is -0.113. The SMILES string of the molecule is CCOC(=O)c1ccc(NC(=O)Nc2ccc(C3C(C(=O)Nc4ccc(C)cc4C)=C(C)N=C4SCCCN43)cc2)cc1. The van der Waals surface area contributed by atoms with Crippen molar-refractivity contribution < 1.29 is 19.1 Å². The maximum Gasteiger partial charge on any atom is 0.338 e. The van der Waals surface area contributed by atoms with E-state index in [2.05, 4.69) is 20.9 Å². The van der Waals surface area contributed by atoms with Gasteiger partial charge in [0.25, 0.3) is 5.91 Å². The van der Waals surface area contributed by atoms with Crippen molar-refractivity contribution in [2.24, 2.45) is 4.99 Å². The summed E-state index contributed by atoms with van der Waals surface area (Å²) in [7, 11) is 0. The van der Waals surface area contributed by atoms with E-state index < -0.39 is 12.0 Å². The topological polar surface area (TPSA) is 112 Å². The van der Waals surface area contributed by atoms with E-state index in [1.165, 1.54) is 0 Å². The van der Waals surface area contributed by atoms with Crippen molar-refractivity contribution in [1.82, 2.24) is 4.90 Å². The number of fused-ring (bicyclic) bond motifs is 1. The minimum absolute atomic E-state index is 0.177. The number of nitrogens with zero attached hydrogens (tertiary/aromatic N) is 2. The number of aliphatic imine (C=N–C) groups is 1. The van der Waals surface area contributed by atoms with Crippen LogP contribution >= 0.6 is 11.8 Å². The van der Waals surface area contributed by atoms with Crippen molar-refractivity contribution in [2.45, 2.75) is 40.2 Å². The van der Waals surface area contributed by atoms with Crippen molar-refractivity contribution in [3.63, 3.8) is 0 Å². The molecule has 2 heterocycles. The van der Waals surface area contributed by atoms with Crippen LogP contribution in [0.4, 0.5) is 21.9 Å². The van der Waals surface area contributed by atoms with Crippen LogP contribution in [-0.4, -0.2) is 46.9 Å². The molecule has 0 aromatic heterocycles. The van der Waals surface area contributed by atoms with Crippen molar-refractivity contribution in [2.75, 3.05) is 34.9 Å². The molecule has 2 aliphatic heterocycles. The van der Waals surface area contributed by atoms with E-state index in [1.54, 1.807) is 43.0 Å². The number of benzene rings is 3. The normalized spacial score (nSPS) is 16.1. The van der Waals surface area contributed by atoms with Crippen LogP contribution in [0.5, 0.6) is 0 Å². The summed E-state index contributed by atoms with van der Waals surface area (Å²) in [5, 5.41) is 9.66. The fourth-order valence-corrected chi connectivity index (χ4v) is 6.22. The van der Waals surface area contributed by atoms with Gasteiger partial charge in [0.1, 0.15) is 0 Å². The number of rotatable bonds is 7. The van der Waals surface area contributed by atoms with Gasteiger partial charge < -0.3 is 25.6 Å². The van der Waals surface area contributed by atoms with Crippen LogP contribution < -0.4 is 16.0 Å². The Morgan fingerprint density at radius 1 is 0.930 bits per heavy atom. The number of carbonyl (C=O) groups is 3. The molecule has 0 bridgehead atoms. The molecule has 9 nitrogen and oxygen atoms in total. The minimum atomic E-state index is -0.416. The first-order valence-corrected chi connectivity index (χ1v) is 15.2. The third kappa shape index (κ3) is 6.91. The van der Waals surface area contributed by atoms with Crippen molar-refractivity contribution >= 4 is 51.9 Å². The van der Waals surface area contributed by atoms with Crippen molar-refractivity contribution in [3.8, 4) is 0 Å². The number of esters is 1. The average molecular weight is 598 g/mol. The monoisotopic (exact) mass is 597 g/mol. The van der Waals surface area contributed by atoms with Gasteiger partial charge in [-0.25, -0.2) is 14.6 Å². The summed E-state index contributed by atoms with van der Waals surface area (Å²) in [6, 6.07) is 19.3. The van der Waals surface area contributed by atoms with Crippen LogP contribution in [0.15, 0.2) is 83.0 Å². The molecule has 3 N–H and O–H groups in total. The molecular formula is C33H35N5O4S. The summed E-state index contributed by atoms with van der Waals surface area (Å²) in [5.41, 5.74) is 6.70. The highest BCUT2D eigenvalue weighted by Crippen LogP contribution is 2.40. The molecule has 3 aromatic rings. The zero-order valence-electron chi connectivity index (χ0n) is 24.7. The molecule has 0 aliphatic carbocycles. The summed E-state index contributed by atoms with van der Waals surface area (Å²) >= 11 is 1.71. The fraction of sp³-hybridized carbons (Fsp3) is 0.273. The van der Waals surface area contributed by atoms with E-state index in [4.69, 9.17) is 9.73 Å². The predicted octanol–water partition coefficient (Wildman–Crippen LogP) is 6.89. The second kappa shape index (κ2) is 13.2. The van der Waals surface area contributed by atoms with Crippen LogP contribution in [0.2, 0.25) is 0 Å². The van der Waals surface area contributed by atoms with Gasteiger partial charge in [-0.15, -0.1) is 0 Å². The maximum atomic E-state index is 13.8. The molecule has 3 aromatic carbocycles. The van der Waals surface area contributed by atoms with Gasteiger partial charge in [0.05, 0.1) is 29.5 Å². The van der Waals surface area contributed by atoms with Gasteiger partial charge in [0.2, 0.25) is 0 Å². The molecule has 3 amide bonds. The second-order valence-electron chi connectivity index (χ2n) is 10.5. The number of thioether (sulfide) groups is 1. The number of anilines is 3. The molecule has 1 atom stereocenters. The molecule has 0 spiro atoms. The Kier molecular flexibility index (Phi) is 9.16. The van der Waals surface area contributed by atoms with Gasteiger partial charge in [-0.05, 0) is 87.7 Å². The Morgan fingerprint density at radius 3 is 2.26 bits per heavy atom. The number of nitrogens with one attached hydrogen (secondary N) is 3. The number of urea groups is 1. The zero-order chi connectivity index (χ0) is 30.5. The van der Waals surface area contributed by atoms with E-state index in [0.29, 0.717) is 34.8 Å². The van der Waals surface area contributed by atoms with Gasteiger partial charge in [0.15, 0.2) is 5.17 Å². The number of amides is 3. The molecule has 43 heavy (non-hydrogen) atoms. The van der Waals surface area contributed by atoms with Crippen LogP contribution in [-0.2, 0) is 9.53 Å². The first-order valence-electron chi connectivity index (χ1n) is 14.3. The molecular weight excluding hydrogens is 562 g/mol. The molecule has 1 saturated heterocycles. The predicted molar refractivity (Wildman–Crippen MR) is 173 cm³/mol. The van der Waals surface area contributed by atoms with E-state index >= 15 is 0 Å². The van der Waals surface area contributed by atoms with E-state index in [-0.39, 0.29) is 11.9 Å². The Morgan fingerprint density at radius 2 is 1.60 bits per heavy atom. The third-order valence-corrected chi connectivity index (χ3v) is 8.35. The summed E-state index contributed by atoms with van der Waals surface area (Å²) in [6.45, 7) is 8.74. The van der Waals surface area contributed by atoms with Gasteiger partial charge >= 0.3 is 12.0 Å². The van der Waals surface area contributed by atoms with Crippen molar-refractivity contribution in [1.29, 1.82) is 0 Å². The summed E-state index contributed by atoms with van der Waals surface area (Å²) < 4.78 is 5.00. The van der Waals surface area contributed by atoms with Crippen LogP contribution in [0, 0.1) is 13.8 Å². The number of amidine groups is 1. The summed E-state index contributed by atoms with van der Waals surface area (Å²) in [5.74, 6) is 0.403. The lowest BCUT2D eigenvalue weighted by Gasteiger charge is -2.41. The van der Waals surface area contributed by atoms with Gasteiger partial charge in [0, 0.05) is 29.4 Å². The van der Waals surface area contributed by atoms with E-state index in [0.717, 1.165) is 46.3 Å². The average Bonchev–Trinajstić information content (AvgIpc) is 2.98. The summed E-state index contributed by atoms with van der Waals surface area (Å²) in [4.78, 5) is 45.4. The standard InChI is InChI=1S/C33H35N5O4S/c1-5-42-31(40)24-10-14-26(15-11-24)36-32(41)35-25-12-8-23(9-13-25)29-28(22(4)34-33-38(29)17-6-18-43-33)30(39)37-27-16-7-20(2)19-21(27)3/h7-16,19,29H,5-6,17-18H2,1-4H3,(H,37,39)(H2,35,36,41). The molecule has 10 heteroatoms. The van der Waals surface area contributed by atoms with E-state index in [1.807, 2.05) is 63.2 Å². The minimum Gasteiger partial charge on any atom is -0.462 e. The number of carbonyl (C=O) groups excluding carboxylic acids is 3. The first kappa shape index (κ1) is 29.9. The molecule has 0 saturated carbocycles. The number of hydrogen-bond acceptors (Lipinski definition) is 7. The Bertz CT molecular complexity index is 1600. The molecule has 222 valence electrons. The highest BCUT2D eigenvalue weighted by Gasteiger charge is 2.37. The molecule has 1 fully saturated rings. The van der Waals surface area contributed by atoms with Gasteiger partial charge in [-0.2, -0.15) is 0 Å². The smallest absolute Gasteiger partial charge is 0.338 e. The maximum absolute atomic E-state index is 13.8. The fourth-order valence-electron chi connectivity index (χ4n) is 5.20. The van der Waals surface area contributed by atoms with Gasteiger partial charge in [-0.1, -0.05) is 41.6 Å². The van der Waals surface area contributed by atoms with Crippen LogP contribution in [0.3, 0.4) is 0 Å².